The van der Waals surface area contributed by atoms with Crippen LogP contribution in [0.4, 0.5) is 4.39 Å². The Morgan fingerprint density at radius 1 is 1.09 bits per heavy atom. The van der Waals surface area contributed by atoms with Crippen LogP contribution in [0.25, 0.3) is 0 Å². The lowest BCUT2D eigenvalue weighted by molar-refractivity contribution is 0.444. The molecular weight excluding hydrogens is 319 g/mol. The summed E-state index contributed by atoms with van der Waals surface area (Å²) in [7, 11) is -3.66. The molecule has 124 valence electrons. The van der Waals surface area contributed by atoms with E-state index in [2.05, 4.69) is 0 Å². The fraction of sp³-hybridized carbons (Fsp3) is 0.312. The van der Waals surface area contributed by atoms with Gasteiger partial charge in [-0.25, -0.2) is 12.8 Å². The molecule has 0 atom stereocenters. The summed E-state index contributed by atoms with van der Waals surface area (Å²) in [6, 6.07) is 8.57. The van der Waals surface area contributed by atoms with Gasteiger partial charge in [-0.1, -0.05) is 32.0 Å². The Morgan fingerprint density at radius 3 is 2.35 bits per heavy atom. The van der Waals surface area contributed by atoms with E-state index in [4.69, 9.17) is 0 Å². The molecule has 5 nitrogen and oxygen atoms in total. The Labute approximate surface area is 135 Å². The molecule has 7 heteroatoms. The van der Waals surface area contributed by atoms with Crippen LogP contribution in [-0.2, 0) is 16.6 Å². The van der Waals surface area contributed by atoms with Gasteiger partial charge in [0.15, 0.2) is 0 Å². The number of aromatic nitrogens is 1. The number of nitrogens with zero attached hydrogens (tertiary/aromatic N) is 2. The first-order valence-electron chi connectivity index (χ1n) is 7.34. The summed E-state index contributed by atoms with van der Waals surface area (Å²) in [5, 5.41) is 0. The topological polar surface area (TPSA) is 59.4 Å². The van der Waals surface area contributed by atoms with E-state index in [0.29, 0.717) is 18.7 Å². The summed E-state index contributed by atoms with van der Waals surface area (Å²) < 4.78 is 41.3. The second kappa shape index (κ2) is 7.06. The highest BCUT2D eigenvalue weighted by Crippen LogP contribution is 2.15. The van der Waals surface area contributed by atoms with Crippen LogP contribution in [0.15, 0.2) is 52.3 Å². The third-order valence-electron chi connectivity index (χ3n) is 3.60. The molecule has 0 N–H and O–H groups in total. The van der Waals surface area contributed by atoms with Gasteiger partial charge in [-0.2, -0.15) is 4.31 Å². The lowest BCUT2D eigenvalue weighted by Crippen LogP contribution is -2.32. The standard InChI is InChI=1S/C16H19FN2O3S/c1-3-19(4-2)23(21,22)14-9-10-16(20)18(12-14)11-13-7-5-6-8-15(13)17/h5-10,12H,3-4,11H2,1-2H3. The summed E-state index contributed by atoms with van der Waals surface area (Å²) in [4.78, 5) is 12.0. The largest absolute Gasteiger partial charge is 0.310 e. The molecule has 0 spiro atoms. The summed E-state index contributed by atoms with van der Waals surface area (Å²) in [5.74, 6) is -0.434. The van der Waals surface area contributed by atoms with Crippen molar-refractivity contribution in [2.75, 3.05) is 13.1 Å². The maximum absolute atomic E-state index is 13.7. The van der Waals surface area contributed by atoms with E-state index in [0.717, 1.165) is 0 Å². The Bertz CT molecular complexity index is 842. The molecule has 1 aromatic carbocycles. The highest BCUT2D eigenvalue weighted by molar-refractivity contribution is 7.89. The van der Waals surface area contributed by atoms with Gasteiger partial charge in [0.25, 0.3) is 5.56 Å². The van der Waals surface area contributed by atoms with Crippen molar-refractivity contribution in [3.8, 4) is 0 Å². The predicted molar refractivity (Wildman–Crippen MR) is 86.3 cm³/mol. The average molecular weight is 338 g/mol. The van der Waals surface area contributed by atoms with Crippen LogP contribution in [0.1, 0.15) is 19.4 Å². The van der Waals surface area contributed by atoms with Gasteiger partial charge >= 0.3 is 0 Å². The Morgan fingerprint density at radius 2 is 1.74 bits per heavy atom. The molecule has 0 radical (unpaired) electrons. The third-order valence-corrected chi connectivity index (χ3v) is 5.63. The van der Waals surface area contributed by atoms with E-state index in [-0.39, 0.29) is 17.0 Å². The van der Waals surface area contributed by atoms with Crippen molar-refractivity contribution in [1.29, 1.82) is 0 Å². The van der Waals surface area contributed by atoms with Gasteiger partial charge in [0.2, 0.25) is 10.0 Å². The monoisotopic (exact) mass is 338 g/mol. The first kappa shape index (κ1) is 17.4. The minimum atomic E-state index is -3.66. The summed E-state index contributed by atoms with van der Waals surface area (Å²) in [6.45, 7) is 4.15. The van der Waals surface area contributed by atoms with Crippen LogP contribution in [-0.4, -0.2) is 30.4 Å². The number of hydrogen-bond donors (Lipinski definition) is 0. The van der Waals surface area contributed by atoms with Crippen LogP contribution in [0.2, 0.25) is 0 Å². The van der Waals surface area contributed by atoms with Crippen molar-refractivity contribution in [3.63, 3.8) is 0 Å². The van der Waals surface area contributed by atoms with Crippen LogP contribution in [0.5, 0.6) is 0 Å². The normalized spacial score (nSPS) is 11.8. The minimum absolute atomic E-state index is 0.0207. The molecule has 0 aliphatic heterocycles. The molecule has 0 amide bonds. The van der Waals surface area contributed by atoms with E-state index in [1.807, 2.05) is 0 Å². The SMILES string of the molecule is CCN(CC)S(=O)(=O)c1ccc(=O)n(Cc2ccccc2F)c1. The van der Waals surface area contributed by atoms with Crippen LogP contribution in [0, 0.1) is 5.82 Å². The van der Waals surface area contributed by atoms with Gasteiger partial charge < -0.3 is 4.57 Å². The highest BCUT2D eigenvalue weighted by Gasteiger charge is 2.22. The minimum Gasteiger partial charge on any atom is -0.310 e. The molecule has 0 saturated heterocycles. The summed E-state index contributed by atoms with van der Waals surface area (Å²) in [6.07, 6.45) is 1.27. The van der Waals surface area contributed by atoms with Crippen molar-refractivity contribution in [1.82, 2.24) is 8.87 Å². The quantitative estimate of drug-likeness (QED) is 0.810. The summed E-state index contributed by atoms with van der Waals surface area (Å²) in [5.41, 5.74) is -0.0567. The lowest BCUT2D eigenvalue weighted by Gasteiger charge is -2.19. The zero-order valence-electron chi connectivity index (χ0n) is 13.1. The number of halogens is 1. The fourth-order valence-corrected chi connectivity index (χ4v) is 3.79. The molecule has 23 heavy (non-hydrogen) atoms. The maximum atomic E-state index is 13.7. The van der Waals surface area contributed by atoms with E-state index in [1.165, 1.54) is 33.3 Å². The maximum Gasteiger partial charge on any atom is 0.250 e. The van der Waals surface area contributed by atoms with Crippen LogP contribution < -0.4 is 5.56 Å². The zero-order valence-corrected chi connectivity index (χ0v) is 13.9. The van der Waals surface area contributed by atoms with Gasteiger partial charge in [0.1, 0.15) is 5.82 Å². The third kappa shape index (κ3) is 3.68. The van der Waals surface area contributed by atoms with Crippen molar-refractivity contribution < 1.29 is 12.8 Å². The highest BCUT2D eigenvalue weighted by atomic mass is 32.2. The van der Waals surface area contributed by atoms with Crippen molar-refractivity contribution in [3.05, 3.63) is 64.3 Å². The molecule has 0 bridgehead atoms. The van der Waals surface area contributed by atoms with Gasteiger partial charge in [-0.05, 0) is 12.1 Å². The number of pyridine rings is 1. The van der Waals surface area contributed by atoms with E-state index in [9.17, 15) is 17.6 Å². The first-order chi connectivity index (χ1) is 10.9. The van der Waals surface area contributed by atoms with Crippen LogP contribution in [0.3, 0.4) is 0 Å². The van der Waals surface area contributed by atoms with Gasteiger partial charge in [-0.3, -0.25) is 4.79 Å². The van der Waals surface area contributed by atoms with E-state index in [1.54, 1.807) is 32.0 Å². The first-order valence-corrected chi connectivity index (χ1v) is 8.78. The average Bonchev–Trinajstić information content (AvgIpc) is 2.52. The predicted octanol–water partition coefficient (Wildman–Crippen LogP) is 2.07. The molecular formula is C16H19FN2O3S. The van der Waals surface area contributed by atoms with E-state index < -0.39 is 15.8 Å². The molecule has 0 aliphatic carbocycles. The molecule has 1 heterocycles. The van der Waals surface area contributed by atoms with Gasteiger partial charge in [0.05, 0.1) is 11.4 Å². The zero-order chi connectivity index (χ0) is 17.0. The fourth-order valence-electron chi connectivity index (χ4n) is 2.31. The second-order valence-electron chi connectivity index (χ2n) is 5.01. The molecule has 0 saturated carbocycles. The lowest BCUT2D eigenvalue weighted by atomic mass is 10.2. The Hall–Kier alpha value is -1.99. The van der Waals surface area contributed by atoms with Crippen molar-refractivity contribution in [2.24, 2.45) is 0 Å². The number of benzene rings is 1. The number of sulfonamides is 1. The van der Waals surface area contributed by atoms with Crippen molar-refractivity contribution >= 4 is 10.0 Å². The second-order valence-corrected chi connectivity index (χ2v) is 6.95. The van der Waals surface area contributed by atoms with Gasteiger partial charge in [-0.15, -0.1) is 0 Å². The molecule has 0 aliphatic rings. The van der Waals surface area contributed by atoms with Gasteiger partial charge in [0, 0.05) is 30.9 Å². The van der Waals surface area contributed by atoms with Crippen molar-refractivity contribution in [2.45, 2.75) is 25.3 Å². The smallest absolute Gasteiger partial charge is 0.250 e. The number of hydrogen-bond acceptors (Lipinski definition) is 3. The van der Waals surface area contributed by atoms with E-state index >= 15 is 0 Å². The molecule has 2 aromatic rings. The van der Waals surface area contributed by atoms with Crippen LogP contribution >= 0.6 is 0 Å². The summed E-state index contributed by atoms with van der Waals surface area (Å²) >= 11 is 0. The molecule has 2 rings (SSSR count). The Balaban J connectivity index is 2.44. The number of rotatable bonds is 6. The molecule has 0 unspecified atom stereocenters. The molecule has 0 fully saturated rings. The Kier molecular flexibility index (Phi) is 5.33. The molecule has 1 aromatic heterocycles.